The van der Waals surface area contributed by atoms with E-state index < -0.39 is 6.09 Å². The van der Waals surface area contributed by atoms with Crippen molar-refractivity contribution in [1.29, 1.82) is 0 Å². The van der Waals surface area contributed by atoms with E-state index in [1.807, 2.05) is 0 Å². The SMILES string of the molecule is CN(C)C(=O)CNCc1cc(Oc2ccc3c(ccn3C(=O)O)c2)ncn1. The van der Waals surface area contributed by atoms with Crippen LogP contribution >= 0.6 is 0 Å². The second-order valence-electron chi connectivity index (χ2n) is 6.03. The summed E-state index contributed by atoms with van der Waals surface area (Å²) in [5.41, 5.74) is 1.26. The molecule has 0 saturated carbocycles. The highest BCUT2D eigenvalue weighted by molar-refractivity contribution is 5.89. The summed E-state index contributed by atoms with van der Waals surface area (Å²) in [6.45, 7) is 0.614. The van der Waals surface area contributed by atoms with E-state index in [9.17, 15) is 9.59 Å². The molecule has 9 heteroatoms. The number of rotatable bonds is 6. The minimum absolute atomic E-state index is 0.0258. The van der Waals surface area contributed by atoms with E-state index in [1.165, 1.54) is 17.4 Å². The second kappa shape index (κ2) is 7.83. The third kappa shape index (κ3) is 4.39. The quantitative estimate of drug-likeness (QED) is 0.683. The van der Waals surface area contributed by atoms with E-state index in [4.69, 9.17) is 9.84 Å². The van der Waals surface area contributed by atoms with Crippen LogP contribution < -0.4 is 10.1 Å². The zero-order valence-corrected chi connectivity index (χ0v) is 14.9. The van der Waals surface area contributed by atoms with Gasteiger partial charge >= 0.3 is 6.09 Å². The predicted octanol–water partition coefficient (Wildman–Crippen LogP) is 1.93. The molecule has 0 atom stereocenters. The van der Waals surface area contributed by atoms with E-state index in [0.717, 1.165) is 9.95 Å². The summed E-state index contributed by atoms with van der Waals surface area (Å²) in [5, 5.41) is 12.9. The standard InChI is InChI=1S/C18H19N5O4/c1-22(2)17(24)10-19-9-13-8-16(21-11-20-13)27-14-3-4-15-12(7-14)5-6-23(15)18(25)26/h3-8,11,19H,9-10H2,1-2H3,(H,25,26). The van der Waals surface area contributed by atoms with Crippen molar-refractivity contribution >= 4 is 22.9 Å². The van der Waals surface area contributed by atoms with Gasteiger partial charge < -0.3 is 20.1 Å². The van der Waals surface area contributed by atoms with Gasteiger partial charge in [-0.25, -0.2) is 14.8 Å². The largest absolute Gasteiger partial charge is 0.464 e. The van der Waals surface area contributed by atoms with Gasteiger partial charge in [0.1, 0.15) is 12.1 Å². The summed E-state index contributed by atoms with van der Waals surface area (Å²) < 4.78 is 6.89. The topological polar surface area (TPSA) is 110 Å². The number of carbonyl (C=O) groups excluding carboxylic acids is 1. The Balaban J connectivity index is 1.68. The Hall–Kier alpha value is -3.46. The first-order valence-electron chi connectivity index (χ1n) is 8.18. The molecule has 9 nitrogen and oxygen atoms in total. The number of benzene rings is 1. The van der Waals surface area contributed by atoms with Crippen molar-refractivity contribution in [3.05, 3.63) is 48.5 Å². The van der Waals surface area contributed by atoms with Crippen LogP contribution in [0.4, 0.5) is 4.79 Å². The van der Waals surface area contributed by atoms with Gasteiger partial charge in [-0.05, 0) is 24.3 Å². The van der Waals surface area contributed by atoms with E-state index >= 15 is 0 Å². The Kier molecular flexibility index (Phi) is 5.32. The molecule has 0 radical (unpaired) electrons. The van der Waals surface area contributed by atoms with Crippen molar-refractivity contribution < 1.29 is 19.4 Å². The number of carboxylic acid groups (broad SMARTS) is 1. The first-order chi connectivity index (χ1) is 12.9. The fourth-order valence-electron chi connectivity index (χ4n) is 2.46. The maximum Gasteiger partial charge on any atom is 0.415 e. The highest BCUT2D eigenvalue weighted by atomic mass is 16.5. The third-order valence-electron chi connectivity index (χ3n) is 3.87. The van der Waals surface area contributed by atoms with Gasteiger partial charge in [0.2, 0.25) is 11.8 Å². The summed E-state index contributed by atoms with van der Waals surface area (Å²) in [7, 11) is 3.39. The first-order valence-corrected chi connectivity index (χ1v) is 8.18. The molecule has 27 heavy (non-hydrogen) atoms. The molecule has 1 amide bonds. The van der Waals surface area contributed by atoms with Gasteiger partial charge in [-0.2, -0.15) is 0 Å². The molecule has 0 aliphatic heterocycles. The average molecular weight is 369 g/mol. The molecule has 2 aromatic heterocycles. The maximum atomic E-state index is 11.6. The Morgan fingerprint density at radius 3 is 2.78 bits per heavy atom. The lowest BCUT2D eigenvalue weighted by Gasteiger charge is -2.11. The van der Waals surface area contributed by atoms with E-state index in [1.54, 1.807) is 44.4 Å². The molecule has 0 saturated heterocycles. The molecule has 2 N–H and O–H groups in total. The minimum atomic E-state index is -1.04. The van der Waals surface area contributed by atoms with Gasteiger partial charge in [0.15, 0.2) is 0 Å². The Morgan fingerprint density at radius 2 is 2.04 bits per heavy atom. The predicted molar refractivity (Wildman–Crippen MR) is 97.9 cm³/mol. The van der Waals surface area contributed by atoms with Crippen LogP contribution in [-0.4, -0.2) is 57.2 Å². The fraction of sp³-hybridized carbons (Fsp3) is 0.222. The van der Waals surface area contributed by atoms with Gasteiger partial charge in [0.05, 0.1) is 17.8 Å². The number of nitrogens with one attached hydrogen (secondary N) is 1. The van der Waals surface area contributed by atoms with Crippen LogP contribution in [0.15, 0.2) is 42.9 Å². The van der Waals surface area contributed by atoms with Crippen LogP contribution in [0.25, 0.3) is 10.9 Å². The van der Waals surface area contributed by atoms with Gasteiger partial charge in [-0.3, -0.25) is 9.36 Å². The van der Waals surface area contributed by atoms with E-state index in [-0.39, 0.29) is 12.5 Å². The van der Waals surface area contributed by atoms with E-state index in [2.05, 4.69) is 15.3 Å². The maximum absolute atomic E-state index is 11.6. The van der Waals surface area contributed by atoms with Crippen LogP contribution in [0, 0.1) is 0 Å². The number of ether oxygens (including phenoxy) is 1. The minimum Gasteiger partial charge on any atom is -0.464 e. The number of nitrogens with zero attached hydrogens (tertiary/aromatic N) is 4. The van der Waals surface area contributed by atoms with Crippen LogP contribution in [-0.2, 0) is 11.3 Å². The molecule has 2 heterocycles. The van der Waals surface area contributed by atoms with Crippen molar-refractivity contribution in [1.82, 2.24) is 24.8 Å². The lowest BCUT2D eigenvalue weighted by atomic mass is 10.2. The number of likely N-dealkylation sites (N-methyl/N-ethyl adjacent to an activating group) is 1. The molecular formula is C18H19N5O4. The number of hydrogen-bond donors (Lipinski definition) is 2. The first kappa shape index (κ1) is 18.3. The number of aromatic nitrogens is 3. The number of amides is 1. The van der Waals surface area contributed by atoms with Crippen LogP contribution in [0.3, 0.4) is 0 Å². The molecule has 140 valence electrons. The molecule has 1 aromatic carbocycles. The fourth-order valence-corrected chi connectivity index (χ4v) is 2.46. The van der Waals surface area contributed by atoms with Gasteiger partial charge in [-0.1, -0.05) is 0 Å². The molecule has 0 aliphatic carbocycles. The second-order valence-corrected chi connectivity index (χ2v) is 6.03. The average Bonchev–Trinajstić information content (AvgIpc) is 3.05. The lowest BCUT2D eigenvalue weighted by molar-refractivity contribution is -0.127. The molecular weight excluding hydrogens is 350 g/mol. The van der Waals surface area contributed by atoms with Gasteiger partial charge in [-0.15, -0.1) is 0 Å². The van der Waals surface area contributed by atoms with E-state index in [0.29, 0.717) is 29.4 Å². The van der Waals surface area contributed by atoms with Gasteiger partial charge in [0, 0.05) is 38.3 Å². The third-order valence-corrected chi connectivity index (χ3v) is 3.87. The Morgan fingerprint density at radius 1 is 1.22 bits per heavy atom. The van der Waals surface area contributed by atoms with Crippen LogP contribution in [0.2, 0.25) is 0 Å². The molecule has 3 aromatic rings. The number of carbonyl (C=O) groups is 2. The van der Waals surface area contributed by atoms with Crippen LogP contribution in [0.1, 0.15) is 5.69 Å². The number of fused-ring (bicyclic) bond motifs is 1. The summed E-state index contributed by atoms with van der Waals surface area (Å²) in [5.74, 6) is 0.867. The van der Waals surface area contributed by atoms with Crippen molar-refractivity contribution in [3.8, 4) is 11.6 Å². The van der Waals surface area contributed by atoms with Crippen molar-refractivity contribution in [2.75, 3.05) is 20.6 Å². The highest BCUT2D eigenvalue weighted by Gasteiger charge is 2.09. The summed E-state index contributed by atoms with van der Waals surface area (Å²) >= 11 is 0. The monoisotopic (exact) mass is 369 g/mol. The molecule has 0 bridgehead atoms. The molecule has 0 fully saturated rings. The lowest BCUT2D eigenvalue weighted by Crippen LogP contribution is -2.32. The smallest absolute Gasteiger partial charge is 0.415 e. The zero-order valence-electron chi connectivity index (χ0n) is 14.9. The molecule has 0 aliphatic rings. The summed E-state index contributed by atoms with van der Waals surface area (Å²) in [6, 6.07) is 8.48. The summed E-state index contributed by atoms with van der Waals surface area (Å²) in [6.07, 6.45) is 1.83. The highest BCUT2D eigenvalue weighted by Crippen LogP contribution is 2.25. The Bertz CT molecular complexity index is 983. The number of hydrogen-bond acceptors (Lipinski definition) is 6. The normalized spacial score (nSPS) is 10.7. The molecule has 0 unspecified atom stereocenters. The van der Waals surface area contributed by atoms with Crippen molar-refractivity contribution in [2.24, 2.45) is 0 Å². The van der Waals surface area contributed by atoms with Crippen molar-refractivity contribution in [2.45, 2.75) is 6.54 Å². The molecule has 0 spiro atoms. The summed E-state index contributed by atoms with van der Waals surface area (Å²) in [4.78, 5) is 32.4. The van der Waals surface area contributed by atoms with Crippen molar-refractivity contribution in [3.63, 3.8) is 0 Å². The zero-order chi connectivity index (χ0) is 19.4. The van der Waals surface area contributed by atoms with Gasteiger partial charge in [0.25, 0.3) is 0 Å². The Labute approximate surface area is 155 Å². The van der Waals surface area contributed by atoms with Crippen LogP contribution in [0.5, 0.6) is 11.6 Å². The molecule has 3 rings (SSSR count).